The van der Waals surface area contributed by atoms with Crippen molar-refractivity contribution in [3.8, 4) is 0 Å². The van der Waals surface area contributed by atoms with Gasteiger partial charge in [-0.25, -0.2) is 0 Å². The first kappa shape index (κ1) is 13.8. The number of hydrogen-bond acceptors (Lipinski definition) is 1. The maximum atomic E-state index is 12.4. The largest absolute Gasteiger partial charge is 0.294 e. The van der Waals surface area contributed by atoms with Crippen molar-refractivity contribution in [2.75, 3.05) is 0 Å². The summed E-state index contributed by atoms with van der Waals surface area (Å²) in [6, 6.07) is 12.5. The van der Waals surface area contributed by atoms with Gasteiger partial charge in [0, 0.05) is 12.0 Å². The summed E-state index contributed by atoms with van der Waals surface area (Å²) in [5.74, 6) is 0.223. The van der Waals surface area contributed by atoms with E-state index in [2.05, 4.69) is 44.2 Å². The van der Waals surface area contributed by atoms with Crippen LogP contribution in [-0.2, 0) is 0 Å². The summed E-state index contributed by atoms with van der Waals surface area (Å²) < 4.78 is 0. The van der Waals surface area contributed by atoms with Crippen LogP contribution in [0.5, 0.6) is 0 Å². The number of allylic oxidation sites excluding steroid dienone is 4. The van der Waals surface area contributed by atoms with E-state index in [1.807, 2.05) is 19.1 Å². The van der Waals surface area contributed by atoms with Crippen LogP contribution < -0.4 is 0 Å². The van der Waals surface area contributed by atoms with Gasteiger partial charge in [-0.2, -0.15) is 0 Å². The molecule has 0 aromatic heterocycles. The monoisotopic (exact) mass is 276 g/mol. The minimum Gasteiger partial charge on any atom is -0.294 e. The molecule has 0 aliphatic heterocycles. The number of fused-ring (bicyclic) bond motifs is 1. The molecule has 2 aromatic rings. The topological polar surface area (TPSA) is 17.1 Å². The summed E-state index contributed by atoms with van der Waals surface area (Å²) in [6.45, 7) is 6.23. The van der Waals surface area contributed by atoms with Gasteiger partial charge in [0.05, 0.1) is 0 Å². The van der Waals surface area contributed by atoms with E-state index in [0.29, 0.717) is 6.42 Å². The van der Waals surface area contributed by atoms with Crippen molar-refractivity contribution in [1.82, 2.24) is 0 Å². The van der Waals surface area contributed by atoms with Crippen LogP contribution >= 0.6 is 0 Å². The summed E-state index contributed by atoms with van der Waals surface area (Å²) in [4.78, 5) is 12.4. The Labute approximate surface area is 126 Å². The number of carbonyl (C=O) groups excluding carboxylic acids is 1. The first-order valence-corrected chi connectivity index (χ1v) is 7.55. The standard InChI is InChI=1S/C20H20O/c1-4-20(21)19-12-16-8-6-5-7-15(16)11-18(19)17-10-9-13(2)14(17)3/h5-9,11-12H,4,10H2,1-3H3. The molecule has 1 aliphatic rings. The first-order valence-electron chi connectivity index (χ1n) is 7.55. The molecular weight excluding hydrogens is 256 g/mol. The van der Waals surface area contributed by atoms with Crippen molar-refractivity contribution in [3.05, 3.63) is 64.7 Å². The average Bonchev–Trinajstić information content (AvgIpc) is 2.85. The van der Waals surface area contributed by atoms with Crippen LogP contribution in [0, 0.1) is 0 Å². The van der Waals surface area contributed by atoms with Crippen LogP contribution in [0.25, 0.3) is 16.3 Å². The molecule has 2 aromatic carbocycles. The molecule has 0 amide bonds. The van der Waals surface area contributed by atoms with Gasteiger partial charge >= 0.3 is 0 Å². The van der Waals surface area contributed by atoms with Gasteiger partial charge in [0.15, 0.2) is 5.78 Å². The lowest BCUT2D eigenvalue weighted by Gasteiger charge is -2.13. The molecule has 106 valence electrons. The van der Waals surface area contributed by atoms with Crippen LogP contribution in [-0.4, -0.2) is 5.78 Å². The molecule has 0 radical (unpaired) electrons. The smallest absolute Gasteiger partial charge is 0.163 e. The summed E-state index contributed by atoms with van der Waals surface area (Å²) in [6.07, 6.45) is 3.73. The van der Waals surface area contributed by atoms with Gasteiger partial charge in [0.1, 0.15) is 0 Å². The average molecular weight is 276 g/mol. The van der Waals surface area contributed by atoms with Gasteiger partial charge in [-0.3, -0.25) is 4.79 Å². The minimum atomic E-state index is 0.223. The molecule has 0 N–H and O–H groups in total. The van der Waals surface area contributed by atoms with Gasteiger partial charge in [-0.1, -0.05) is 42.8 Å². The second-order valence-electron chi connectivity index (χ2n) is 5.72. The number of carbonyl (C=O) groups is 1. The SMILES string of the molecule is CCC(=O)c1cc2ccccc2cc1C1=C(C)C(C)=CC1. The molecular formula is C20H20O. The Morgan fingerprint density at radius 1 is 1.10 bits per heavy atom. The van der Waals surface area contributed by atoms with E-state index in [-0.39, 0.29) is 5.78 Å². The fourth-order valence-electron chi connectivity index (χ4n) is 3.02. The molecule has 21 heavy (non-hydrogen) atoms. The third-order valence-corrected chi connectivity index (χ3v) is 4.49. The van der Waals surface area contributed by atoms with E-state index >= 15 is 0 Å². The normalized spacial score (nSPS) is 14.7. The van der Waals surface area contributed by atoms with Gasteiger partial charge in [-0.15, -0.1) is 0 Å². The maximum Gasteiger partial charge on any atom is 0.163 e. The van der Waals surface area contributed by atoms with Crippen molar-refractivity contribution >= 4 is 22.1 Å². The third kappa shape index (κ3) is 2.33. The molecule has 0 atom stereocenters. The van der Waals surface area contributed by atoms with Crippen molar-refractivity contribution in [3.63, 3.8) is 0 Å². The molecule has 0 fully saturated rings. The van der Waals surface area contributed by atoms with Crippen molar-refractivity contribution in [1.29, 1.82) is 0 Å². The highest BCUT2D eigenvalue weighted by atomic mass is 16.1. The molecule has 1 nitrogen and oxygen atoms in total. The summed E-state index contributed by atoms with van der Waals surface area (Å²) in [7, 11) is 0. The van der Waals surface area contributed by atoms with E-state index in [9.17, 15) is 4.79 Å². The zero-order chi connectivity index (χ0) is 15.0. The molecule has 0 unspecified atom stereocenters. The highest BCUT2D eigenvalue weighted by Gasteiger charge is 2.19. The lowest BCUT2D eigenvalue weighted by molar-refractivity contribution is 0.0988. The summed E-state index contributed by atoms with van der Waals surface area (Å²) in [5.41, 5.74) is 5.93. The molecule has 0 spiro atoms. The molecule has 1 aliphatic carbocycles. The Balaban J connectivity index is 2.27. The van der Waals surface area contributed by atoms with Crippen LogP contribution in [0.2, 0.25) is 0 Å². The minimum absolute atomic E-state index is 0.223. The maximum absolute atomic E-state index is 12.4. The number of rotatable bonds is 3. The molecule has 0 bridgehead atoms. The zero-order valence-electron chi connectivity index (χ0n) is 12.9. The Kier molecular flexibility index (Phi) is 3.50. The predicted molar refractivity (Wildman–Crippen MR) is 89.5 cm³/mol. The van der Waals surface area contributed by atoms with E-state index < -0.39 is 0 Å². The van der Waals surface area contributed by atoms with Crippen LogP contribution in [0.15, 0.2) is 53.6 Å². The van der Waals surface area contributed by atoms with E-state index in [4.69, 9.17) is 0 Å². The molecule has 3 rings (SSSR count). The van der Waals surface area contributed by atoms with Gasteiger partial charge in [0.2, 0.25) is 0 Å². The Bertz CT molecular complexity index is 791. The molecule has 0 heterocycles. The van der Waals surface area contributed by atoms with Crippen molar-refractivity contribution < 1.29 is 4.79 Å². The fourth-order valence-corrected chi connectivity index (χ4v) is 3.02. The Hall–Kier alpha value is -2.15. The Morgan fingerprint density at radius 3 is 2.33 bits per heavy atom. The van der Waals surface area contributed by atoms with Gasteiger partial charge in [-0.05, 0) is 59.9 Å². The quantitative estimate of drug-likeness (QED) is 0.671. The van der Waals surface area contributed by atoms with Crippen molar-refractivity contribution in [2.24, 2.45) is 0 Å². The van der Waals surface area contributed by atoms with E-state index in [1.165, 1.54) is 22.1 Å². The number of Topliss-reactive ketones (excluding diaryl/α,β-unsaturated/α-hetero) is 1. The van der Waals surface area contributed by atoms with Crippen LogP contribution in [0.3, 0.4) is 0 Å². The van der Waals surface area contributed by atoms with Crippen LogP contribution in [0.1, 0.15) is 49.5 Å². The van der Waals surface area contributed by atoms with Crippen molar-refractivity contribution in [2.45, 2.75) is 33.6 Å². The van der Waals surface area contributed by atoms with Gasteiger partial charge in [0.25, 0.3) is 0 Å². The molecule has 0 saturated carbocycles. The van der Waals surface area contributed by atoms with E-state index in [0.717, 1.165) is 22.9 Å². The van der Waals surface area contributed by atoms with Crippen LogP contribution in [0.4, 0.5) is 0 Å². The highest BCUT2D eigenvalue weighted by molar-refractivity contribution is 6.05. The fraction of sp³-hybridized carbons (Fsp3) is 0.250. The molecule has 1 heteroatoms. The first-order chi connectivity index (χ1) is 10.1. The number of ketones is 1. The van der Waals surface area contributed by atoms with E-state index in [1.54, 1.807) is 0 Å². The summed E-state index contributed by atoms with van der Waals surface area (Å²) >= 11 is 0. The second kappa shape index (κ2) is 5.33. The third-order valence-electron chi connectivity index (χ3n) is 4.49. The number of benzene rings is 2. The molecule has 0 saturated heterocycles. The Morgan fingerprint density at radius 2 is 1.76 bits per heavy atom. The summed E-state index contributed by atoms with van der Waals surface area (Å²) in [5, 5.41) is 2.34. The predicted octanol–water partition coefficient (Wildman–Crippen LogP) is 5.56. The lowest BCUT2D eigenvalue weighted by atomic mass is 9.90. The lowest BCUT2D eigenvalue weighted by Crippen LogP contribution is -2.02. The highest BCUT2D eigenvalue weighted by Crippen LogP contribution is 2.36. The second-order valence-corrected chi connectivity index (χ2v) is 5.72. The zero-order valence-corrected chi connectivity index (χ0v) is 12.9. The number of hydrogen-bond donors (Lipinski definition) is 0. The van der Waals surface area contributed by atoms with Gasteiger partial charge < -0.3 is 0 Å².